The van der Waals surface area contributed by atoms with Gasteiger partial charge in [-0.1, -0.05) is 41.9 Å². The highest BCUT2D eigenvalue weighted by molar-refractivity contribution is 6.30. The Kier molecular flexibility index (Phi) is 2.69. The fourth-order valence-corrected chi connectivity index (χ4v) is 3.05. The van der Waals surface area contributed by atoms with E-state index in [1.54, 1.807) is 0 Å². The maximum absolute atomic E-state index is 11.5. The van der Waals surface area contributed by atoms with Gasteiger partial charge in [0, 0.05) is 21.5 Å². The molecule has 0 aliphatic carbocycles. The van der Waals surface area contributed by atoms with Gasteiger partial charge in [0.05, 0.1) is 11.7 Å². The molecule has 0 bridgehead atoms. The second-order valence-corrected chi connectivity index (χ2v) is 5.53. The number of rotatable bonds is 2. The first-order valence-electron chi connectivity index (χ1n) is 6.66. The Morgan fingerprint density at radius 1 is 1.14 bits per heavy atom. The summed E-state index contributed by atoms with van der Waals surface area (Å²) in [7, 11) is 0. The van der Waals surface area contributed by atoms with Crippen molar-refractivity contribution < 1.29 is 4.79 Å². The van der Waals surface area contributed by atoms with E-state index in [2.05, 4.69) is 5.10 Å². The third kappa shape index (κ3) is 1.82. The van der Waals surface area contributed by atoms with Gasteiger partial charge in [-0.2, -0.15) is 5.10 Å². The first-order chi connectivity index (χ1) is 10.3. The van der Waals surface area contributed by atoms with Crippen LogP contribution in [0.1, 0.15) is 17.2 Å². The molecule has 0 saturated carbocycles. The largest absolute Gasteiger partial charge is 0.298 e. The van der Waals surface area contributed by atoms with Crippen LogP contribution in [0.2, 0.25) is 5.02 Å². The van der Waals surface area contributed by atoms with Crippen molar-refractivity contribution in [2.45, 2.75) is 6.04 Å². The summed E-state index contributed by atoms with van der Waals surface area (Å²) in [6.07, 6.45) is 4.68. The van der Waals surface area contributed by atoms with Crippen molar-refractivity contribution >= 4 is 34.9 Å². The van der Waals surface area contributed by atoms with Crippen LogP contribution in [0.4, 0.5) is 0 Å². The van der Waals surface area contributed by atoms with E-state index in [1.165, 1.54) is 0 Å². The number of benzene rings is 2. The molecule has 2 aromatic carbocycles. The second-order valence-electron chi connectivity index (χ2n) is 5.09. The second kappa shape index (κ2) is 4.57. The summed E-state index contributed by atoms with van der Waals surface area (Å²) in [4.78, 5) is 11.5. The van der Waals surface area contributed by atoms with Crippen molar-refractivity contribution in [1.29, 1.82) is 0 Å². The number of hydrogen-bond donors (Lipinski definition) is 0. The van der Waals surface area contributed by atoms with Gasteiger partial charge in [0.1, 0.15) is 12.3 Å². The first kappa shape index (κ1) is 12.4. The highest BCUT2D eigenvalue weighted by atomic mass is 35.5. The minimum Gasteiger partial charge on any atom is -0.298 e. The molecular weight excluding hydrogens is 284 g/mol. The molecule has 0 N–H and O–H groups in total. The maximum atomic E-state index is 11.5. The van der Waals surface area contributed by atoms with E-state index in [4.69, 9.17) is 11.6 Å². The summed E-state index contributed by atoms with van der Waals surface area (Å²) >= 11 is 5.96. The number of allylic oxidation sites excluding steroid dienone is 1. The molecule has 0 amide bonds. The molecule has 0 unspecified atom stereocenters. The predicted molar refractivity (Wildman–Crippen MR) is 83.4 cm³/mol. The highest BCUT2D eigenvalue weighted by Crippen LogP contribution is 2.36. The number of nitrogens with zero attached hydrogens (tertiary/aromatic N) is 2. The van der Waals surface area contributed by atoms with E-state index in [-0.39, 0.29) is 6.04 Å². The summed E-state index contributed by atoms with van der Waals surface area (Å²) in [6.45, 7) is 0. The molecule has 0 radical (unpaired) electrons. The van der Waals surface area contributed by atoms with Crippen LogP contribution < -0.4 is 0 Å². The SMILES string of the molecule is O=CC1=Cc2cccc3cnn(c23)[C@@H]1c1ccc(Cl)cc1. The van der Waals surface area contributed by atoms with Gasteiger partial charge in [-0.05, 0) is 23.8 Å². The van der Waals surface area contributed by atoms with Crippen LogP contribution in [0.3, 0.4) is 0 Å². The summed E-state index contributed by atoms with van der Waals surface area (Å²) in [5, 5.41) is 6.24. The lowest BCUT2D eigenvalue weighted by Gasteiger charge is -2.24. The highest BCUT2D eigenvalue weighted by Gasteiger charge is 2.26. The van der Waals surface area contributed by atoms with Gasteiger partial charge in [-0.3, -0.25) is 9.48 Å². The molecule has 3 aromatic rings. The maximum Gasteiger partial charge on any atom is 0.148 e. The summed E-state index contributed by atoms with van der Waals surface area (Å²) < 4.78 is 1.91. The predicted octanol–water partition coefficient (Wildman–Crippen LogP) is 3.88. The van der Waals surface area contributed by atoms with Crippen LogP contribution in [-0.4, -0.2) is 16.1 Å². The van der Waals surface area contributed by atoms with E-state index in [0.29, 0.717) is 10.6 Å². The van der Waals surface area contributed by atoms with Crippen LogP contribution in [0.15, 0.2) is 54.2 Å². The van der Waals surface area contributed by atoms with Crippen LogP contribution in [0, 0.1) is 0 Å². The van der Waals surface area contributed by atoms with Gasteiger partial charge >= 0.3 is 0 Å². The zero-order valence-corrected chi connectivity index (χ0v) is 11.8. The Bertz CT molecular complexity index is 877. The molecule has 2 heterocycles. The number of halogens is 1. The Morgan fingerprint density at radius 2 is 1.95 bits per heavy atom. The third-order valence-electron chi connectivity index (χ3n) is 3.85. The lowest BCUT2D eigenvalue weighted by Crippen LogP contribution is -2.18. The Balaban J connectivity index is 1.99. The number of aldehydes is 1. The average Bonchev–Trinajstić information content (AvgIpc) is 2.94. The lowest BCUT2D eigenvalue weighted by atomic mass is 9.94. The van der Waals surface area contributed by atoms with Gasteiger partial charge < -0.3 is 0 Å². The van der Waals surface area contributed by atoms with Crippen molar-refractivity contribution in [2.75, 3.05) is 0 Å². The molecule has 0 saturated heterocycles. The van der Waals surface area contributed by atoms with E-state index < -0.39 is 0 Å². The molecule has 0 spiro atoms. The van der Waals surface area contributed by atoms with Gasteiger partial charge in [-0.15, -0.1) is 0 Å². The Morgan fingerprint density at radius 3 is 2.71 bits per heavy atom. The average molecular weight is 295 g/mol. The van der Waals surface area contributed by atoms with Gasteiger partial charge in [-0.25, -0.2) is 0 Å². The molecule has 4 rings (SSSR count). The smallest absolute Gasteiger partial charge is 0.148 e. The van der Waals surface area contributed by atoms with Crippen LogP contribution in [-0.2, 0) is 4.79 Å². The van der Waals surface area contributed by atoms with E-state index in [9.17, 15) is 4.79 Å². The van der Waals surface area contributed by atoms with Crippen LogP contribution in [0.5, 0.6) is 0 Å². The normalized spacial score (nSPS) is 16.8. The standard InChI is InChI=1S/C17H11ClN2O/c18-15-6-4-11(5-7-15)16-14(10-21)8-12-2-1-3-13-9-19-20(16)17(12)13/h1-10,16H/t16-/m1/s1. The molecule has 1 aliphatic heterocycles. The molecule has 1 atom stereocenters. The molecule has 1 aromatic heterocycles. The monoisotopic (exact) mass is 294 g/mol. The van der Waals surface area contributed by atoms with Crippen molar-refractivity contribution in [1.82, 2.24) is 9.78 Å². The van der Waals surface area contributed by atoms with Crippen molar-refractivity contribution in [3.63, 3.8) is 0 Å². The molecule has 3 nitrogen and oxygen atoms in total. The topological polar surface area (TPSA) is 34.9 Å². The minimum absolute atomic E-state index is 0.202. The first-order valence-corrected chi connectivity index (χ1v) is 7.04. The number of carbonyl (C=O) groups excluding carboxylic acids is 1. The van der Waals surface area contributed by atoms with Crippen molar-refractivity contribution in [2.24, 2.45) is 0 Å². The van der Waals surface area contributed by atoms with Crippen LogP contribution in [0.25, 0.3) is 17.0 Å². The van der Waals surface area contributed by atoms with E-state index >= 15 is 0 Å². The molecule has 0 fully saturated rings. The molecule has 21 heavy (non-hydrogen) atoms. The minimum atomic E-state index is -0.202. The zero-order chi connectivity index (χ0) is 14.4. The molecule has 102 valence electrons. The zero-order valence-electron chi connectivity index (χ0n) is 11.0. The van der Waals surface area contributed by atoms with Gasteiger partial charge in [0.25, 0.3) is 0 Å². The Labute approximate surface area is 126 Å². The Hall–Kier alpha value is -2.39. The van der Waals surface area contributed by atoms with Gasteiger partial charge in [0.15, 0.2) is 0 Å². The van der Waals surface area contributed by atoms with Crippen LogP contribution >= 0.6 is 11.6 Å². The van der Waals surface area contributed by atoms with E-state index in [0.717, 1.165) is 28.3 Å². The van der Waals surface area contributed by atoms with Gasteiger partial charge in [0.2, 0.25) is 0 Å². The summed E-state index contributed by atoms with van der Waals surface area (Å²) in [5.74, 6) is 0. The number of hydrogen-bond acceptors (Lipinski definition) is 2. The summed E-state index contributed by atoms with van der Waals surface area (Å²) in [5.41, 5.74) is 3.78. The van der Waals surface area contributed by atoms with Crippen molar-refractivity contribution in [3.8, 4) is 0 Å². The number of para-hydroxylation sites is 1. The quantitative estimate of drug-likeness (QED) is 0.672. The molecule has 1 aliphatic rings. The summed E-state index contributed by atoms with van der Waals surface area (Å²) in [6, 6.07) is 13.3. The lowest BCUT2D eigenvalue weighted by molar-refractivity contribution is -0.105. The van der Waals surface area contributed by atoms with E-state index in [1.807, 2.05) is 59.4 Å². The van der Waals surface area contributed by atoms with Crippen molar-refractivity contribution in [3.05, 3.63) is 70.4 Å². The fourth-order valence-electron chi connectivity index (χ4n) is 2.92. The number of carbonyl (C=O) groups is 1. The molecular formula is C17H11ClN2O. The third-order valence-corrected chi connectivity index (χ3v) is 4.11. The molecule has 4 heteroatoms. The fraction of sp³-hybridized carbons (Fsp3) is 0.0588. The number of aromatic nitrogens is 2.